The predicted molar refractivity (Wildman–Crippen MR) is 140 cm³/mol. The van der Waals surface area contributed by atoms with E-state index in [1.165, 1.54) is 4.80 Å². The number of ether oxygens (including phenoxy) is 2. The van der Waals surface area contributed by atoms with Crippen LogP contribution in [0.2, 0.25) is 0 Å². The van der Waals surface area contributed by atoms with Gasteiger partial charge in [0.15, 0.2) is 5.82 Å². The predicted octanol–water partition coefficient (Wildman–Crippen LogP) is 4.00. The monoisotopic (exact) mass is 508 g/mol. The Morgan fingerprint density at radius 1 is 1.08 bits per heavy atom. The molecule has 11 heteroatoms. The third-order valence-corrected chi connectivity index (χ3v) is 6.37. The first-order valence-corrected chi connectivity index (χ1v) is 12.6. The fourth-order valence-electron chi connectivity index (χ4n) is 4.53. The van der Waals surface area contributed by atoms with Crippen LogP contribution < -0.4 is 15.0 Å². The molecule has 11 nitrogen and oxygen atoms in total. The number of pyridine rings is 1. The smallest absolute Gasteiger partial charge is 0.407 e. The molecule has 0 bridgehead atoms. The van der Waals surface area contributed by atoms with Crippen LogP contribution in [0.5, 0.6) is 5.88 Å². The molecule has 1 unspecified atom stereocenters. The Hall–Kier alpha value is -3.76. The molecule has 0 aromatic carbocycles. The molecule has 0 radical (unpaired) electrons. The van der Waals surface area contributed by atoms with Gasteiger partial charge in [0.25, 0.3) is 0 Å². The van der Waals surface area contributed by atoms with Crippen LogP contribution in [0.3, 0.4) is 0 Å². The second kappa shape index (κ2) is 11.1. The first-order chi connectivity index (χ1) is 17.6. The molecule has 37 heavy (non-hydrogen) atoms. The average molecular weight is 509 g/mol. The molecule has 3 heterocycles. The standard InChI is InChI=1S/C26H36N8O3/c1-26(2,3)37-25(35)28-17-9-7-8-10-18(15-17)33(4)23-14-13-21(30-31-23)20-12-11-19(24(29-20)36-6)22-16-27-34(5)32-22/h11-14,16-18H,7-10,15H2,1-6H3,(H,28,35)/t17?,18-/m0/s1. The number of hydrogen-bond acceptors (Lipinski definition) is 9. The SMILES string of the molecule is COc1nc(-c2ccc(N(C)[C@H]3CCCCC(NC(=O)OC(C)(C)C)C3)nn2)ccc1-c1cnn(C)n1. The number of nitrogens with one attached hydrogen (secondary N) is 1. The maximum Gasteiger partial charge on any atom is 0.407 e. The number of anilines is 1. The summed E-state index contributed by atoms with van der Waals surface area (Å²) in [5.74, 6) is 1.22. The van der Waals surface area contributed by atoms with Crippen LogP contribution in [0.25, 0.3) is 22.6 Å². The molecule has 3 aromatic rings. The van der Waals surface area contributed by atoms with Gasteiger partial charge < -0.3 is 19.7 Å². The minimum Gasteiger partial charge on any atom is -0.480 e. The fourth-order valence-corrected chi connectivity index (χ4v) is 4.53. The fraction of sp³-hybridized carbons (Fsp3) is 0.538. The van der Waals surface area contributed by atoms with Gasteiger partial charge in [0.2, 0.25) is 5.88 Å². The van der Waals surface area contributed by atoms with E-state index < -0.39 is 5.60 Å². The number of methoxy groups -OCH3 is 1. The number of nitrogens with zero attached hydrogens (tertiary/aromatic N) is 7. The lowest BCUT2D eigenvalue weighted by molar-refractivity contribution is 0.0498. The Bertz CT molecular complexity index is 1210. The van der Waals surface area contributed by atoms with Gasteiger partial charge in [0, 0.05) is 26.2 Å². The summed E-state index contributed by atoms with van der Waals surface area (Å²) >= 11 is 0. The molecule has 1 fully saturated rings. The van der Waals surface area contributed by atoms with Crippen molar-refractivity contribution in [3.05, 3.63) is 30.5 Å². The van der Waals surface area contributed by atoms with Crippen LogP contribution in [-0.2, 0) is 11.8 Å². The van der Waals surface area contributed by atoms with Crippen molar-refractivity contribution in [1.29, 1.82) is 0 Å². The largest absolute Gasteiger partial charge is 0.480 e. The molecule has 1 aliphatic carbocycles. The number of aromatic nitrogens is 6. The number of carbonyl (C=O) groups is 1. The van der Waals surface area contributed by atoms with E-state index in [0.29, 0.717) is 23.0 Å². The van der Waals surface area contributed by atoms with Gasteiger partial charge in [0.1, 0.15) is 17.0 Å². The van der Waals surface area contributed by atoms with Gasteiger partial charge in [-0.15, -0.1) is 10.2 Å². The zero-order chi connectivity index (χ0) is 26.6. The Morgan fingerprint density at radius 2 is 1.84 bits per heavy atom. The Labute approximate surface area is 217 Å². The van der Waals surface area contributed by atoms with E-state index in [2.05, 4.69) is 35.6 Å². The Kier molecular flexibility index (Phi) is 7.89. The first kappa shape index (κ1) is 26.3. The van der Waals surface area contributed by atoms with Crippen molar-refractivity contribution in [2.24, 2.45) is 7.05 Å². The summed E-state index contributed by atoms with van der Waals surface area (Å²) in [6.07, 6.45) is 6.24. The van der Waals surface area contributed by atoms with Crippen molar-refractivity contribution in [3.8, 4) is 28.5 Å². The quantitative estimate of drug-likeness (QED) is 0.492. The number of alkyl carbamates (subject to hydrolysis) is 1. The highest BCUT2D eigenvalue weighted by molar-refractivity contribution is 5.69. The molecule has 0 aliphatic heterocycles. The molecule has 1 aliphatic rings. The number of rotatable bonds is 6. The molecule has 1 amide bonds. The molecule has 1 saturated carbocycles. The van der Waals surface area contributed by atoms with Gasteiger partial charge >= 0.3 is 6.09 Å². The molecule has 1 N–H and O–H groups in total. The molecule has 198 valence electrons. The Morgan fingerprint density at radius 3 is 2.49 bits per heavy atom. The summed E-state index contributed by atoms with van der Waals surface area (Å²) in [7, 11) is 5.37. The lowest BCUT2D eigenvalue weighted by Crippen LogP contribution is -2.43. The molecular formula is C26H36N8O3. The summed E-state index contributed by atoms with van der Waals surface area (Å²) in [5.41, 5.74) is 2.22. The van der Waals surface area contributed by atoms with E-state index >= 15 is 0 Å². The van der Waals surface area contributed by atoms with Crippen molar-refractivity contribution < 1.29 is 14.3 Å². The van der Waals surface area contributed by atoms with E-state index in [-0.39, 0.29) is 18.2 Å². The van der Waals surface area contributed by atoms with Gasteiger partial charge in [-0.25, -0.2) is 9.78 Å². The highest BCUT2D eigenvalue weighted by Crippen LogP contribution is 2.30. The van der Waals surface area contributed by atoms with Crippen LogP contribution >= 0.6 is 0 Å². The summed E-state index contributed by atoms with van der Waals surface area (Å²) in [4.78, 5) is 20.6. The van der Waals surface area contributed by atoms with Crippen LogP contribution in [0, 0.1) is 0 Å². The number of aryl methyl sites for hydroxylation is 1. The van der Waals surface area contributed by atoms with E-state index in [9.17, 15) is 4.79 Å². The highest BCUT2D eigenvalue weighted by atomic mass is 16.6. The Balaban J connectivity index is 1.45. The number of hydrogen-bond donors (Lipinski definition) is 1. The second-order valence-electron chi connectivity index (χ2n) is 10.4. The van der Waals surface area contributed by atoms with E-state index in [1.807, 2.05) is 52.1 Å². The van der Waals surface area contributed by atoms with Gasteiger partial charge in [-0.3, -0.25) is 0 Å². The lowest BCUT2D eigenvalue weighted by Gasteiger charge is -2.30. The van der Waals surface area contributed by atoms with Crippen molar-refractivity contribution in [2.45, 2.75) is 70.6 Å². The summed E-state index contributed by atoms with van der Waals surface area (Å²) in [5, 5.41) is 20.4. The molecule has 0 saturated heterocycles. The average Bonchev–Trinajstić information content (AvgIpc) is 3.16. The lowest BCUT2D eigenvalue weighted by atomic mass is 10.0. The number of carbonyl (C=O) groups excluding carboxylic acids is 1. The zero-order valence-corrected chi connectivity index (χ0v) is 22.4. The maximum atomic E-state index is 12.3. The van der Waals surface area contributed by atoms with Crippen molar-refractivity contribution in [1.82, 2.24) is 35.5 Å². The molecule has 3 aromatic heterocycles. The van der Waals surface area contributed by atoms with Crippen molar-refractivity contribution in [2.75, 3.05) is 19.1 Å². The highest BCUT2D eigenvalue weighted by Gasteiger charge is 2.27. The van der Waals surface area contributed by atoms with Crippen LogP contribution in [0.15, 0.2) is 30.5 Å². The normalized spacial score (nSPS) is 18.1. The minimum absolute atomic E-state index is 0.0570. The minimum atomic E-state index is -0.517. The summed E-state index contributed by atoms with van der Waals surface area (Å²) in [6, 6.07) is 7.92. The van der Waals surface area contributed by atoms with Gasteiger partial charge in [0.05, 0.1) is 24.6 Å². The third kappa shape index (κ3) is 6.72. The van der Waals surface area contributed by atoms with Gasteiger partial charge in [-0.2, -0.15) is 15.0 Å². The maximum absolute atomic E-state index is 12.3. The second-order valence-corrected chi connectivity index (χ2v) is 10.4. The van der Waals surface area contributed by atoms with E-state index in [1.54, 1.807) is 20.4 Å². The van der Waals surface area contributed by atoms with Crippen molar-refractivity contribution in [3.63, 3.8) is 0 Å². The van der Waals surface area contributed by atoms with Gasteiger partial charge in [-0.05, 0) is 64.3 Å². The summed E-state index contributed by atoms with van der Waals surface area (Å²) < 4.78 is 11.0. The van der Waals surface area contributed by atoms with Crippen LogP contribution in [-0.4, -0.2) is 68.1 Å². The molecular weight excluding hydrogens is 472 g/mol. The molecule has 0 spiro atoms. The van der Waals surface area contributed by atoms with Crippen molar-refractivity contribution >= 4 is 11.9 Å². The van der Waals surface area contributed by atoms with Gasteiger partial charge in [-0.1, -0.05) is 12.8 Å². The topological polar surface area (TPSA) is 120 Å². The van der Waals surface area contributed by atoms with E-state index in [0.717, 1.165) is 43.5 Å². The third-order valence-electron chi connectivity index (χ3n) is 6.37. The molecule has 2 atom stereocenters. The van der Waals surface area contributed by atoms with E-state index in [4.69, 9.17) is 9.47 Å². The summed E-state index contributed by atoms with van der Waals surface area (Å²) in [6.45, 7) is 5.61. The first-order valence-electron chi connectivity index (χ1n) is 12.6. The number of amides is 1. The zero-order valence-electron chi connectivity index (χ0n) is 22.4. The molecule has 4 rings (SSSR count). The van der Waals surface area contributed by atoms with Crippen LogP contribution in [0.1, 0.15) is 52.9 Å². The van der Waals surface area contributed by atoms with Crippen LogP contribution in [0.4, 0.5) is 10.6 Å².